The van der Waals surface area contributed by atoms with Crippen molar-refractivity contribution in [2.75, 3.05) is 0 Å². The molecule has 0 saturated heterocycles. The van der Waals surface area contributed by atoms with Gasteiger partial charge < -0.3 is 19.5 Å². The molecule has 2 aromatic carbocycles. The molecule has 9 heteroatoms. The zero-order valence-electron chi connectivity index (χ0n) is 11.1. The maximum Gasteiger partial charge on any atom is 0.357 e. The topological polar surface area (TPSA) is 141 Å². The van der Waals surface area contributed by atoms with Gasteiger partial charge in [-0.25, -0.2) is 0 Å². The van der Waals surface area contributed by atoms with E-state index in [9.17, 15) is 29.1 Å². The number of rotatable bonds is 2. The summed E-state index contributed by atoms with van der Waals surface area (Å²) in [5.74, 6) is -4.06. The van der Waals surface area contributed by atoms with Gasteiger partial charge in [-0.2, -0.15) is 4.21 Å². The van der Waals surface area contributed by atoms with Gasteiger partial charge in [0.2, 0.25) is 5.78 Å². The molecule has 3 rings (SSSR count). The SMILES string of the molecule is O=C1c2ccc(O)c(OS(=O)O)c2C(=O)c2c(O)ccc(O)c21. The first-order valence-electron chi connectivity index (χ1n) is 6.12. The van der Waals surface area contributed by atoms with Crippen molar-refractivity contribution in [2.45, 2.75) is 0 Å². The lowest BCUT2D eigenvalue weighted by Gasteiger charge is -2.21. The second kappa shape index (κ2) is 5.07. The predicted octanol–water partition coefficient (Wildman–Crippen LogP) is 1.09. The van der Waals surface area contributed by atoms with Crippen molar-refractivity contribution < 1.29 is 37.9 Å². The van der Waals surface area contributed by atoms with Crippen LogP contribution in [0.15, 0.2) is 24.3 Å². The molecule has 0 radical (unpaired) electrons. The summed E-state index contributed by atoms with van der Waals surface area (Å²) in [5, 5.41) is 29.4. The van der Waals surface area contributed by atoms with E-state index in [0.717, 1.165) is 24.3 Å². The summed E-state index contributed by atoms with van der Waals surface area (Å²) >= 11 is -2.85. The number of fused-ring (bicyclic) bond motifs is 2. The van der Waals surface area contributed by atoms with E-state index in [-0.39, 0.29) is 11.1 Å². The number of hydrogen-bond acceptors (Lipinski definition) is 7. The molecule has 23 heavy (non-hydrogen) atoms. The van der Waals surface area contributed by atoms with Crippen LogP contribution in [0.1, 0.15) is 31.8 Å². The van der Waals surface area contributed by atoms with Crippen LogP contribution < -0.4 is 4.18 Å². The summed E-state index contributed by atoms with van der Waals surface area (Å²) in [5.41, 5.74) is -1.56. The molecule has 4 N–H and O–H groups in total. The van der Waals surface area contributed by atoms with Gasteiger partial charge in [-0.15, -0.1) is 0 Å². The van der Waals surface area contributed by atoms with Crippen LogP contribution in [-0.4, -0.2) is 35.6 Å². The Bertz CT molecular complexity index is 902. The molecule has 1 unspecified atom stereocenters. The monoisotopic (exact) mass is 336 g/mol. The second-order valence-electron chi connectivity index (χ2n) is 4.65. The van der Waals surface area contributed by atoms with Gasteiger partial charge in [0.1, 0.15) is 11.5 Å². The van der Waals surface area contributed by atoms with E-state index in [2.05, 4.69) is 4.18 Å². The van der Waals surface area contributed by atoms with Crippen LogP contribution in [0.25, 0.3) is 0 Å². The molecule has 118 valence electrons. The van der Waals surface area contributed by atoms with Crippen LogP contribution in [0.3, 0.4) is 0 Å². The molecular weight excluding hydrogens is 328 g/mol. The number of phenols is 3. The molecule has 0 fully saturated rings. The number of carbonyl (C=O) groups excluding carboxylic acids is 2. The standard InChI is InChI=1S/C14H8O8S/c15-6-3-4-7(16)11-10(6)12(18)5-1-2-8(17)14(22-23(20)21)9(5)13(11)19/h1-4,15-17H,(H,20,21). The van der Waals surface area contributed by atoms with Crippen molar-refractivity contribution in [3.05, 3.63) is 46.5 Å². The van der Waals surface area contributed by atoms with Crippen LogP contribution in [0.4, 0.5) is 0 Å². The molecule has 0 bridgehead atoms. The first-order chi connectivity index (χ1) is 10.8. The van der Waals surface area contributed by atoms with Gasteiger partial charge >= 0.3 is 11.4 Å². The first kappa shape index (κ1) is 15.0. The van der Waals surface area contributed by atoms with Crippen LogP contribution in [0.2, 0.25) is 0 Å². The van der Waals surface area contributed by atoms with E-state index in [1.54, 1.807) is 0 Å². The Morgan fingerprint density at radius 3 is 1.87 bits per heavy atom. The van der Waals surface area contributed by atoms with E-state index < -0.39 is 57.1 Å². The molecule has 0 aliphatic heterocycles. The number of hydrogen-bond donors (Lipinski definition) is 4. The smallest absolute Gasteiger partial charge is 0.357 e. The Hall–Kier alpha value is -2.91. The highest BCUT2D eigenvalue weighted by atomic mass is 32.2. The highest BCUT2D eigenvalue weighted by Crippen LogP contribution is 2.43. The summed E-state index contributed by atoms with van der Waals surface area (Å²) in [6, 6.07) is 4.21. The maximum atomic E-state index is 12.6. The van der Waals surface area contributed by atoms with Gasteiger partial charge in [0.25, 0.3) is 0 Å². The van der Waals surface area contributed by atoms with Gasteiger partial charge in [0.15, 0.2) is 17.3 Å². The van der Waals surface area contributed by atoms with E-state index in [4.69, 9.17) is 4.55 Å². The highest BCUT2D eigenvalue weighted by molar-refractivity contribution is 7.74. The number of benzene rings is 2. The molecule has 1 aliphatic rings. The first-order valence-corrected chi connectivity index (χ1v) is 7.15. The fraction of sp³-hybridized carbons (Fsp3) is 0. The normalized spacial score (nSPS) is 14.1. The average molecular weight is 336 g/mol. The Balaban J connectivity index is 2.36. The molecule has 0 saturated carbocycles. The van der Waals surface area contributed by atoms with E-state index >= 15 is 0 Å². The van der Waals surface area contributed by atoms with Crippen LogP contribution in [0.5, 0.6) is 23.0 Å². The molecule has 0 spiro atoms. The van der Waals surface area contributed by atoms with Crippen LogP contribution in [0, 0.1) is 0 Å². The minimum Gasteiger partial charge on any atom is -0.507 e. The lowest BCUT2D eigenvalue weighted by Crippen LogP contribution is -2.22. The number of ketones is 2. The fourth-order valence-corrected chi connectivity index (χ4v) is 2.75. The molecule has 1 atom stereocenters. The number of phenolic OH excluding ortho intramolecular Hbond substituents is 3. The summed E-state index contributed by atoms with van der Waals surface area (Å²) in [6.45, 7) is 0. The Morgan fingerprint density at radius 1 is 0.783 bits per heavy atom. The van der Waals surface area contributed by atoms with E-state index in [1.165, 1.54) is 0 Å². The number of carbonyl (C=O) groups is 2. The van der Waals surface area contributed by atoms with Gasteiger partial charge in [-0.1, -0.05) is 0 Å². The molecule has 2 aromatic rings. The van der Waals surface area contributed by atoms with Crippen molar-refractivity contribution in [2.24, 2.45) is 0 Å². The van der Waals surface area contributed by atoms with Gasteiger partial charge in [-0.3, -0.25) is 14.1 Å². The largest absolute Gasteiger partial charge is 0.507 e. The third kappa shape index (κ3) is 2.14. The minimum absolute atomic E-state index is 0.235. The Labute approximate surface area is 131 Å². The Morgan fingerprint density at radius 2 is 1.30 bits per heavy atom. The lowest BCUT2D eigenvalue weighted by atomic mass is 9.82. The lowest BCUT2D eigenvalue weighted by molar-refractivity contribution is 0.0972. The van der Waals surface area contributed by atoms with Crippen molar-refractivity contribution in [3.8, 4) is 23.0 Å². The zero-order valence-corrected chi connectivity index (χ0v) is 12.0. The van der Waals surface area contributed by atoms with Gasteiger partial charge in [0, 0.05) is 5.56 Å². The molecule has 0 amide bonds. The predicted molar refractivity (Wildman–Crippen MR) is 76.1 cm³/mol. The van der Waals surface area contributed by atoms with Crippen LogP contribution in [-0.2, 0) is 11.4 Å². The zero-order chi connectivity index (χ0) is 16.9. The summed E-state index contributed by atoms with van der Waals surface area (Å²) < 4.78 is 24.2. The fourth-order valence-electron chi connectivity index (χ4n) is 2.44. The summed E-state index contributed by atoms with van der Waals surface area (Å²) in [7, 11) is 0. The quantitative estimate of drug-likeness (QED) is 0.402. The Kier molecular flexibility index (Phi) is 3.31. The molecule has 0 aromatic heterocycles. The second-order valence-corrected chi connectivity index (χ2v) is 5.25. The van der Waals surface area contributed by atoms with Crippen LogP contribution >= 0.6 is 0 Å². The van der Waals surface area contributed by atoms with Crippen molar-refractivity contribution in [1.29, 1.82) is 0 Å². The van der Waals surface area contributed by atoms with E-state index in [1.807, 2.05) is 0 Å². The average Bonchev–Trinajstić information content (AvgIpc) is 2.48. The maximum absolute atomic E-state index is 12.6. The van der Waals surface area contributed by atoms with Crippen molar-refractivity contribution in [3.63, 3.8) is 0 Å². The van der Waals surface area contributed by atoms with E-state index in [0.29, 0.717) is 0 Å². The van der Waals surface area contributed by atoms with Crippen molar-refractivity contribution in [1.82, 2.24) is 0 Å². The van der Waals surface area contributed by atoms with Gasteiger partial charge in [-0.05, 0) is 24.3 Å². The minimum atomic E-state index is -2.85. The highest BCUT2D eigenvalue weighted by Gasteiger charge is 2.38. The summed E-state index contributed by atoms with van der Waals surface area (Å²) in [4.78, 5) is 25.1. The molecular formula is C14H8O8S. The van der Waals surface area contributed by atoms with Gasteiger partial charge in [0.05, 0.1) is 16.7 Å². The third-order valence-corrected chi connectivity index (χ3v) is 3.69. The molecule has 8 nitrogen and oxygen atoms in total. The van der Waals surface area contributed by atoms with Crippen molar-refractivity contribution >= 4 is 22.9 Å². The third-order valence-electron chi connectivity index (χ3n) is 3.38. The number of aromatic hydroxyl groups is 3. The molecule has 1 aliphatic carbocycles. The molecule has 0 heterocycles. The summed E-state index contributed by atoms with van der Waals surface area (Å²) in [6.07, 6.45) is 0.